The fourth-order valence-electron chi connectivity index (χ4n) is 12.6. The molecule has 6 N–H and O–H groups in total. The molecule has 532 valence electrons. The number of aliphatic hydroxyl groups excluding tert-OH is 5. The summed E-state index contributed by atoms with van der Waals surface area (Å²) < 4.78 is 11.3. The van der Waals surface area contributed by atoms with E-state index in [1.807, 2.05) is 6.08 Å². The lowest BCUT2D eigenvalue weighted by Crippen LogP contribution is -2.60. The first-order valence-corrected chi connectivity index (χ1v) is 39.7. The summed E-state index contributed by atoms with van der Waals surface area (Å²) in [5.74, 6) is -0.185. The maximum absolute atomic E-state index is 13.2. The molecule has 0 spiro atoms. The van der Waals surface area contributed by atoms with Crippen LogP contribution in [-0.2, 0) is 14.3 Å². The molecular weight excluding hydrogens is 1130 g/mol. The molecule has 1 aliphatic rings. The molecule has 0 aromatic heterocycles. The largest absolute Gasteiger partial charge is 0.394 e. The van der Waals surface area contributed by atoms with Gasteiger partial charge in [0.05, 0.1) is 25.4 Å². The van der Waals surface area contributed by atoms with Crippen LogP contribution in [0.3, 0.4) is 0 Å². The minimum absolute atomic E-state index is 0.185. The molecule has 0 saturated carbocycles. The molecule has 7 atom stereocenters. The molecule has 1 aliphatic heterocycles. The van der Waals surface area contributed by atoms with E-state index >= 15 is 0 Å². The molecule has 1 saturated heterocycles. The van der Waals surface area contributed by atoms with Gasteiger partial charge in [0, 0.05) is 6.42 Å². The van der Waals surface area contributed by atoms with Gasteiger partial charge >= 0.3 is 0 Å². The Bertz CT molecular complexity index is 1670. The lowest BCUT2D eigenvalue weighted by molar-refractivity contribution is -0.302. The number of hydrogen-bond acceptors (Lipinski definition) is 8. The third-order valence-electron chi connectivity index (χ3n) is 18.7. The molecule has 91 heavy (non-hydrogen) atoms. The SMILES string of the molecule is CCCCCCC/C=C\C/C=C\C/C=C\CCCCCCCCCCCCCCCCCCCCCCCCC(=O)NC(COC1OC(CO)C(O)C(O)C1O)C(O)/C=C/CC/C=C/CC/C=C/CCCCCCCCCCCCCCCCCCCCCCC. The molecule has 1 amide bonds. The average molecular weight is 1280 g/mol. The van der Waals surface area contributed by atoms with E-state index in [1.54, 1.807) is 6.08 Å². The van der Waals surface area contributed by atoms with Crippen LogP contribution in [0.25, 0.3) is 0 Å². The van der Waals surface area contributed by atoms with Crippen LogP contribution in [-0.4, -0.2) is 87.5 Å². The summed E-state index contributed by atoms with van der Waals surface area (Å²) >= 11 is 0. The number of hydrogen-bond donors (Lipinski definition) is 6. The molecule has 0 radical (unpaired) electrons. The van der Waals surface area contributed by atoms with E-state index in [0.29, 0.717) is 6.42 Å². The standard InChI is InChI=1S/C82H151NO8/c1-3-5-7-9-11-13-15-17-19-21-23-25-27-29-31-33-35-36-37-38-39-40-42-44-46-48-50-52-54-56-58-60-62-64-66-68-70-72-78(86)83-75(74-90-82-81(89)80(88)79(87)77(73-84)91-82)76(85)71-69-67-65-63-61-59-57-55-53-51-49-47-45-43-41-34-32-30-28-26-24-22-20-18-16-14-12-10-8-6-4-2/h15,17,21,23,27,29,53,55,61,63,69,71,75-77,79-82,84-85,87-89H,3-14,16,18-20,22,24-26,28,30-52,54,56-60,62,64-68,70,72-74H2,1-2H3,(H,83,86)/b17-15-,23-21-,29-27-,55-53+,63-61+,71-69+. The van der Waals surface area contributed by atoms with Crippen LogP contribution >= 0.6 is 0 Å². The molecular formula is C82H151NO8. The zero-order valence-electron chi connectivity index (χ0n) is 59.9. The number of ether oxygens (including phenoxy) is 2. The highest BCUT2D eigenvalue weighted by Gasteiger charge is 2.44. The second-order valence-corrected chi connectivity index (χ2v) is 27.5. The van der Waals surface area contributed by atoms with Gasteiger partial charge in [-0.3, -0.25) is 4.79 Å². The van der Waals surface area contributed by atoms with Crippen LogP contribution in [0.5, 0.6) is 0 Å². The van der Waals surface area contributed by atoms with Crippen molar-refractivity contribution in [3.05, 3.63) is 72.9 Å². The Kier molecular flexibility index (Phi) is 67.1. The fourth-order valence-corrected chi connectivity index (χ4v) is 12.6. The Morgan fingerprint density at radius 2 is 0.659 bits per heavy atom. The number of carbonyl (C=O) groups excluding carboxylic acids is 1. The summed E-state index contributed by atoms with van der Waals surface area (Å²) in [7, 11) is 0. The number of rotatable bonds is 70. The Balaban J connectivity index is 2.10. The highest BCUT2D eigenvalue weighted by atomic mass is 16.7. The normalized spacial score (nSPS) is 18.1. The molecule has 9 nitrogen and oxygen atoms in total. The molecule has 1 fully saturated rings. The third kappa shape index (κ3) is 58.7. The van der Waals surface area contributed by atoms with E-state index < -0.39 is 49.5 Å². The second kappa shape index (κ2) is 70.4. The minimum Gasteiger partial charge on any atom is -0.394 e. The minimum atomic E-state index is -1.58. The first-order chi connectivity index (χ1) is 44.8. The van der Waals surface area contributed by atoms with Crippen molar-refractivity contribution in [2.75, 3.05) is 13.2 Å². The topological polar surface area (TPSA) is 149 Å². The average Bonchev–Trinajstić information content (AvgIpc) is 1.70. The maximum atomic E-state index is 13.2. The van der Waals surface area contributed by atoms with Gasteiger partial charge in [-0.2, -0.15) is 0 Å². The van der Waals surface area contributed by atoms with Gasteiger partial charge in [0.2, 0.25) is 5.91 Å². The van der Waals surface area contributed by atoms with Gasteiger partial charge in [-0.1, -0.05) is 369 Å². The van der Waals surface area contributed by atoms with E-state index in [4.69, 9.17) is 9.47 Å². The van der Waals surface area contributed by atoms with Gasteiger partial charge in [0.25, 0.3) is 0 Å². The fraction of sp³-hybridized carbons (Fsp3) is 0.841. The van der Waals surface area contributed by atoms with Crippen molar-refractivity contribution in [2.24, 2.45) is 0 Å². The number of nitrogens with one attached hydrogen (secondary N) is 1. The lowest BCUT2D eigenvalue weighted by atomic mass is 9.99. The first-order valence-electron chi connectivity index (χ1n) is 39.7. The van der Waals surface area contributed by atoms with Crippen LogP contribution in [0.2, 0.25) is 0 Å². The van der Waals surface area contributed by atoms with Gasteiger partial charge in [-0.15, -0.1) is 0 Å². The highest BCUT2D eigenvalue weighted by Crippen LogP contribution is 2.24. The number of unbranched alkanes of at least 4 members (excludes halogenated alkanes) is 50. The monoisotopic (exact) mass is 1280 g/mol. The van der Waals surface area contributed by atoms with Crippen molar-refractivity contribution >= 4 is 5.91 Å². The van der Waals surface area contributed by atoms with Crippen molar-refractivity contribution in [1.82, 2.24) is 5.32 Å². The lowest BCUT2D eigenvalue weighted by Gasteiger charge is -2.40. The summed E-state index contributed by atoms with van der Waals surface area (Å²) in [6, 6.07) is -0.832. The molecule has 0 aromatic carbocycles. The third-order valence-corrected chi connectivity index (χ3v) is 18.7. The number of carbonyl (C=O) groups is 1. The van der Waals surface area contributed by atoms with Crippen molar-refractivity contribution < 1.29 is 39.8 Å². The summed E-state index contributed by atoms with van der Waals surface area (Å²) in [6.07, 6.45) is 93.4. The number of allylic oxidation sites excluding steroid dienone is 11. The van der Waals surface area contributed by atoms with Crippen molar-refractivity contribution in [3.8, 4) is 0 Å². The van der Waals surface area contributed by atoms with E-state index in [1.165, 1.54) is 308 Å². The van der Waals surface area contributed by atoms with Crippen LogP contribution < -0.4 is 5.32 Å². The van der Waals surface area contributed by atoms with Gasteiger partial charge in [-0.05, 0) is 83.5 Å². The van der Waals surface area contributed by atoms with E-state index in [0.717, 1.165) is 57.8 Å². The smallest absolute Gasteiger partial charge is 0.220 e. The van der Waals surface area contributed by atoms with Crippen molar-refractivity contribution in [2.45, 2.75) is 429 Å². The Morgan fingerprint density at radius 1 is 0.374 bits per heavy atom. The van der Waals surface area contributed by atoms with Gasteiger partial charge < -0.3 is 40.3 Å². The predicted octanol–water partition coefficient (Wildman–Crippen LogP) is 22.7. The van der Waals surface area contributed by atoms with Crippen LogP contribution in [0, 0.1) is 0 Å². The van der Waals surface area contributed by atoms with Crippen LogP contribution in [0.4, 0.5) is 0 Å². The Morgan fingerprint density at radius 3 is 1.00 bits per heavy atom. The molecule has 0 bridgehead atoms. The van der Waals surface area contributed by atoms with Crippen LogP contribution in [0.1, 0.15) is 386 Å². The van der Waals surface area contributed by atoms with E-state index in [-0.39, 0.29) is 12.5 Å². The summed E-state index contributed by atoms with van der Waals surface area (Å²) in [4.78, 5) is 13.2. The summed E-state index contributed by atoms with van der Waals surface area (Å²) in [6.45, 7) is 3.80. The molecule has 1 rings (SSSR count). The van der Waals surface area contributed by atoms with Crippen molar-refractivity contribution in [1.29, 1.82) is 0 Å². The number of amides is 1. The Labute approximate surface area is 563 Å². The second-order valence-electron chi connectivity index (χ2n) is 27.5. The predicted molar refractivity (Wildman–Crippen MR) is 392 cm³/mol. The molecule has 9 heteroatoms. The summed E-state index contributed by atoms with van der Waals surface area (Å²) in [5.41, 5.74) is 0. The van der Waals surface area contributed by atoms with Gasteiger partial charge in [-0.25, -0.2) is 0 Å². The van der Waals surface area contributed by atoms with Crippen molar-refractivity contribution in [3.63, 3.8) is 0 Å². The van der Waals surface area contributed by atoms with E-state index in [9.17, 15) is 30.3 Å². The molecule has 0 aliphatic carbocycles. The van der Waals surface area contributed by atoms with Crippen LogP contribution in [0.15, 0.2) is 72.9 Å². The Hall–Kier alpha value is -2.37. The summed E-state index contributed by atoms with van der Waals surface area (Å²) in [5, 5.41) is 54.9. The molecule has 1 heterocycles. The van der Waals surface area contributed by atoms with E-state index in [2.05, 4.69) is 79.9 Å². The zero-order chi connectivity index (χ0) is 65.7. The highest BCUT2D eigenvalue weighted by molar-refractivity contribution is 5.76. The zero-order valence-corrected chi connectivity index (χ0v) is 59.9. The number of aliphatic hydroxyl groups is 5. The first kappa shape index (κ1) is 86.6. The van der Waals surface area contributed by atoms with Gasteiger partial charge in [0.15, 0.2) is 6.29 Å². The molecule has 0 aromatic rings. The molecule has 7 unspecified atom stereocenters. The maximum Gasteiger partial charge on any atom is 0.220 e. The quantitative estimate of drug-likeness (QED) is 0.0261. The van der Waals surface area contributed by atoms with Gasteiger partial charge in [0.1, 0.15) is 24.4 Å².